The summed E-state index contributed by atoms with van der Waals surface area (Å²) in [5.41, 5.74) is 2.78. The fourth-order valence-corrected chi connectivity index (χ4v) is 2.75. The fraction of sp³-hybridized carbons (Fsp3) is 0.286. The molecule has 0 fully saturated rings. The lowest BCUT2D eigenvalue weighted by molar-refractivity contribution is -0.123. The van der Waals surface area contributed by atoms with Gasteiger partial charge >= 0.3 is 0 Å². The number of methoxy groups -OCH3 is 2. The molecule has 3 aromatic rings. The fourth-order valence-electron chi connectivity index (χ4n) is 2.75. The lowest BCUT2D eigenvalue weighted by Crippen LogP contribution is -2.28. The van der Waals surface area contributed by atoms with E-state index in [1.165, 1.54) is 0 Å². The maximum Gasteiger partial charge on any atom is 0.258 e. The number of rotatable bonds is 8. The lowest BCUT2D eigenvalue weighted by Gasteiger charge is -2.09. The summed E-state index contributed by atoms with van der Waals surface area (Å²) in [6, 6.07) is 11.1. The molecule has 1 aromatic heterocycles. The molecular formula is C21H23N3O5. The van der Waals surface area contributed by atoms with Gasteiger partial charge in [0.1, 0.15) is 17.2 Å². The maximum atomic E-state index is 12.1. The molecule has 0 bridgehead atoms. The van der Waals surface area contributed by atoms with Crippen LogP contribution in [-0.4, -0.2) is 36.9 Å². The number of ether oxygens (including phenoxy) is 3. The number of hydrogen-bond donors (Lipinski definition) is 1. The first-order valence-electron chi connectivity index (χ1n) is 9.02. The van der Waals surface area contributed by atoms with E-state index in [0.29, 0.717) is 28.6 Å². The zero-order valence-corrected chi connectivity index (χ0v) is 16.8. The van der Waals surface area contributed by atoms with Crippen LogP contribution < -0.4 is 19.5 Å². The van der Waals surface area contributed by atoms with E-state index in [2.05, 4.69) is 15.5 Å². The predicted octanol–water partition coefficient (Wildman–Crippen LogP) is 3.07. The third-order valence-electron chi connectivity index (χ3n) is 4.24. The van der Waals surface area contributed by atoms with Gasteiger partial charge in [-0.1, -0.05) is 22.9 Å². The minimum atomic E-state index is -0.285. The smallest absolute Gasteiger partial charge is 0.258 e. The Morgan fingerprint density at radius 3 is 2.62 bits per heavy atom. The quantitative estimate of drug-likeness (QED) is 0.624. The van der Waals surface area contributed by atoms with Crippen LogP contribution in [0.25, 0.3) is 11.4 Å². The monoisotopic (exact) mass is 397 g/mol. The van der Waals surface area contributed by atoms with Crippen LogP contribution in [0.15, 0.2) is 40.9 Å². The van der Waals surface area contributed by atoms with Crippen LogP contribution in [0.3, 0.4) is 0 Å². The van der Waals surface area contributed by atoms with Gasteiger partial charge in [0, 0.05) is 6.07 Å². The molecule has 0 saturated heterocycles. The van der Waals surface area contributed by atoms with Crippen molar-refractivity contribution in [2.45, 2.75) is 20.4 Å². The first-order chi connectivity index (χ1) is 14.0. The van der Waals surface area contributed by atoms with E-state index in [1.54, 1.807) is 32.4 Å². The minimum Gasteiger partial charge on any atom is -0.497 e. The molecule has 0 aliphatic carbocycles. The van der Waals surface area contributed by atoms with Crippen LogP contribution in [-0.2, 0) is 11.3 Å². The average Bonchev–Trinajstić information content (AvgIpc) is 3.20. The zero-order chi connectivity index (χ0) is 20.8. The van der Waals surface area contributed by atoms with Gasteiger partial charge in [-0.05, 0) is 37.6 Å². The molecule has 0 atom stereocenters. The molecule has 29 heavy (non-hydrogen) atoms. The molecule has 1 amide bonds. The zero-order valence-electron chi connectivity index (χ0n) is 16.8. The Bertz CT molecular complexity index is 1000. The predicted molar refractivity (Wildman–Crippen MR) is 106 cm³/mol. The number of benzene rings is 2. The molecule has 1 heterocycles. The number of nitrogens with one attached hydrogen (secondary N) is 1. The average molecular weight is 397 g/mol. The second kappa shape index (κ2) is 9.09. The van der Waals surface area contributed by atoms with Gasteiger partial charge in [0.2, 0.25) is 11.7 Å². The molecule has 0 aliphatic rings. The molecule has 0 radical (unpaired) electrons. The van der Waals surface area contributed by atoms with Crippen molar-refractivity contribution >= 4 is 5.91 Å². The largest absolute Gasteiger partial charge is 0.497 e. The van der Waals surface area contributed by atoms with Crippen LogP contribution in [0.4, 0.5) is 0 Å². The van der Waals surface area contributed by atoms with E-state index in [-0.39, 0.29) is 24.9 Å². The van der Waals surface area contributed by atoms with Crippen molar-refractivity contribution in [3.8, 4) is 28.6 Å². The van der Waals surface area contributed by atoms with Gasteiger partial charge in [-0.3, -0.25) is 4.79 Å². The van der Waals surface area contributed by atoms with E-state index in [9.17, 15) is 4.79 Å². The summed E-state index contributed by atoms with van der Waals surface area (Å²) in [4.78, 5) is 16.4. The molecule has 8 heteroatoms. The third-order valence-corrected chi connectivity index (χ3v) is 4.24. The molecule has 0 unspecified atom stereocenters. The van der Waals surface area contributed by atoms with Crippen molar-refractivity contribution in [3.63, 3.8) is 0 Å². The van der Waals surface area contributed by atoms with Crippen LogP contribution in [0, 0.1) is 13.8 Å². The molecule has 0 spiro atoms. The van der Waals surface area contributed by atoms with Crippen molar-refractivity contribution in [3.05, 3.63) is 53.4 Å². The molecule has 3 rings (SSSR count). The van der Waals surface area contributed by atoms with Crippen LogP contribution in [0.2, 0.25) is 0 Å². The number of amides is 1. The molecule has 8 nitrogen and oxygen atoms in total. The first-order valence-corrected chi connectivity index (χ1v) is 9.02. The topological polar surface area (TPSA) is 95.7 Å². The Hall–Kier alpha value is -3.55. The van der Waals surface area contributed by atoms with Crippen LogP contribution >= 0.6 is 0 Å². The summed E-state index contributed by atoms with van der Waals surface area (Å²) in [6.07, 6.45) is 0. The van der Waals surface area contributed by atoms with E-state index >= 15 is 0 Å². The molecular weight excluding hydrogens is 374 g/mol. The highest BCUT2D eigenvalue weighted by Gasteiger charge is 2.15. The number of nitrogens with zero attached hydrogens (tertiary/aromatic N) is 2. The molecule has 1 N–H and O–H groups in total. The summed E-state index contributed by atoms with van der Waals surface area (Å²) < 4.78 is 21.3. The third kappa shape index (κ3) is 5.04. The van der Waals surface area contributed by atoms with E-state index in [4.69, 9.17) is 18.7 Å². The molecule has 0 aliphatic heterocycles. The van der Waals surface area contributed by atoms with Crippen LogP contribution in [0.1, 0.15) is 17.0 Å². The van der Waals surface area contributed by atoms with Crippen molar-refractivity contribution in [1.29, 1.82) is 0 Å². The Labute approximate surface area is 168 Å². The molecule has 0 saturated carbocycles. The second-order valence-corrected chi connectivity index (χ2v) is 6.41. The minimum absolute atomic E-state index is 0.0978. The number of aryl methyl sites for hydroxylation is 2. The van der Waals surface area contributed by atoms with Crippen molar-refractivity contribution in [1.82, 2.24) is 15.5 Å². The Kier molecular flexibility index (Phi) is 6.33. The van der Waals surface area contributed by atoms with Crippen molar-refractivity contribution in [2.24, 2.45) is 0 Å². The van der Waals surface area contributed by atoms with Gasteiger partial charge in [0.15, 0.2) is 6.61 Å². The van der Waals surface area contributed by atoms with Gasteiger partial charge < -0.3 is 24.1 Å². The second-order valence-electron chi connectivity index (χ2n) is 6.41. The summed E-state index contributed by atoms with van der Waals surface area (Å²) in [5, 5.41) is 6.65. The highest BCUT2D eigenvalue weighted by Crippen LogP contribution is 2.31. The molecule has 152 valence electrons. The van der Waals surface area contributed by atoms with Gasteiger partial charge in [-0.25, -0.2) is 0 Å². The Morgan fingerprint density at radius 2 is 1.90 bits per heavy atom. The number of carbonyl (C=O) groups is 1. The van der Waals surface area contributed by atoms with E-state index in [0.717, 1.165) is 11.1 Å². The standard InChI is InChI=1S/C21H23N3O5/c1-13-5-8-17(14(2)9-13)28-12-19(25)22-11-20-23-21(24-29-20)16-7-6-15(26-3)10-18(16)27-4/h5-10H,11-12H2,1-4H3,(H,22,25). The van der Waals surface area contributed by atoms with Gasteiger partial charge in [0.25, 0.3) is 5.91 Å². The summed E-state index contributed by atoms with van der Waals surface area (Å²) in [7, 11) is 3.13. The summed E-state index contributed by atoms with van der Waals surface area (Å²) in [6.45, 7) is 3.94. The number of carbonyl (C=O) groups excluding carboxylic acids is 1. The van der Waals surface area contributed by atoms with E-state index < -0.39 is 0 Å². The van der Waals surface area contributed by atoms with Gasteiger partial charge in [-0.15, -0.1) is 0 Å². The van der Waals surface area contributed by atoms with Crippen LogP contribution in [0.5, 0.6) is 17.2 Å². The van der Waals surface area contributed by atoms with Gasteiger partial charge in [-0.2, -0.15) is 4.98 Å². The van der Waals surface area contributed by atoms with E-state index in [1.807, 2.05) is 32.0 Å². The molecule has 2 aromatic carbocycles. The highest BCUT2D eigenvalue weighted by molar-refractivity contribution is 5.77. The Balaban J connectivity index is 1.57. The van der Waals surface area contributed by atoms with Crippen molar-refractivity contribution < 1.29 is 23.5 Å². The van der Waals surface area contributed by atoms with Gasteiger partial charge in [0.05, 0.1) is 26.3 Å². The van der Waals surface area contributed by atoms with Crippen molar-refractivity contribution in [2.75, 3.05) is 20.8 Å². The highest BCUT2D eigenvalue weighted by atomic mass is 16.5. The first kappa shape index (κ1) is 20.2. The Morgan fingerprint density at radius 1 is 1.07 bits per heavy atom. The SMILES string of the molecule is COc1ccc(-c2noc(CNC(=O)COc3ccc(C)cc3C)n2)c(OC)c1. The normalized spacial score (nSPS) is 10.5. The number of hydrogen-bond acceptors (Lipinski definition) is 7. The summed E-state index contributed by atoms with van der Waals surface area (Å²) in [5.74, 6) is 2.25. The lowest BCUT2D eigenvalue weighted by atomic mass is 10.1. The number of aromatic nitrogens is 2. The summed E-state index contributed by atoms with van der Waals surface area (Å²) >= 11 is 0. The maximum absolute atomic E-state index is 12.1.